The molecule has 0 aliphatic rings. The zero-order valence-corrected chi connectivity index (χ0v) is 13.8. The van der Waals surface area contributed by atoms with Crippen LogP contribution in [0.15, 0.2) is 17.4 Å². The topological polar surface area (TPSA) is 111 Å². The van der Waals surface area contributed by atoms with Crippen molar-refractivity contribution in [3.63, 3.8) is 0 Å². The highest BCUT2D eigenvalue weighted by Crippen LogP contribution is 1.96. The minimum Gasteiger partial charge on any atom is -0.377 e. The number of nitrogens with one attached hydrogen (secondary N) is 4. The molecule has 8 heteroatoms. The van der Waals surface area contributed by atoms with Gasteiger partial charge in [-0.1, -0.05) is 0 Å². The molecule has 23 heavy (non-hydrogen) atoms. The van der Waals surface area contributed by atoms with E-state index in [9.17, 15) is 9.59 Å². The highest BCUT2D eigenvalue weighted by Gasteiger charge is 2.05. The van der Waals surface area contributed by atoms with Gasteiger partial charge in [-0.15, -0.1) is 0 Å². The van der Waals surface area contributed by atoms with Crippen molar-refractivity contribution < 1.29 is 9.59 Å². The molecule has 0 spiro atoms. The number of hydrogen-bond donors (Lipinski definition) is 4. The molecule has 0 saturated carbocycles. The van der Waals surface area contributed by atoms with Crippen molar-refractivity contribution in [2.75, 3.05) is 27.2 Å². The van der Waals surface area contributed by atoms with E-state index < -0.39 is 0 Å². The summed E-state index contributed by atoms with van der Waals surface area (Å²) < 4.78 is 0. The first-order valence-corrected chi connectivity index (χ1v) is 7.80. The van der Waals surface area contributed by atoms with E-state index in [0.29, 0.717) is 45.2 Å². The monoisotopic (exact) mass is 322 g/mol. The van der Waals surface area contributed by atoms with Gasteiger partial charge >= 0.3 is 0 Å². The summed E-state index contributed by atoms with van der Waals surface area (Å²) in [7, 11) is 3.51. The lowest BCUT2D eigenvalue weighted by Crippen LogP contribution is -2.30. The van der Waals surface area contributed by atoms with Gasteiger partial charge in [-0.25, -0.2) is 4.98 Å². The Bertz CT molecular complexity index is 498. The third-order valence-electron chi connectivity index (χ3n) is 3.29. The Morgan fingerprint density at radius 3 is 2.43 bits per heavy atom. The molecule has 2 amide bonds. The summed E-state index contributed by atoms with van der Waals surface area (Å²) in [5.74, 6) is 1.61. The second-order valence-electron chi connectivity index (χ2n) is 5.01. The van der Waals surface area contributed by atoms with Gasteiger partial charge in [-0.05, 0) is 6.42 Å². The third-order valence-corrected chi connectivity index (χ3v) is 3.29. The van der Waals surface area contributed by atoms with Crippen LogP contribution in [-0.2, 0) is 16.0 Å². The van der Waals surface area contributed by atoms with E-state index in [1.807, 2.05) is 0 Å². The van der Waals surface area contributed by atoms with Crippen molar-refractivity contribution in [1.82, 2.24) is 25.9 Å². The van der Waals surface area contributed by atoms with Gasteiger partial charge < -0.3 is 20.9 Å². The molecule has 0 radical (unpaired) electrons. The van der Waals surface area contributed by atoms with Crippen molar-refractivity contribution in [1.29, 1.82) is 0 Å². The highest BCUT2D eigenvalue weighted by atomic mass is 16.2. The lowest BCUT2D eigenvalue weighted by molar-refractivity contribution is -0.122. The minimum atomic E-state index is -0.0417. The molecule has 0 aliphatic heterocycles. The molecule has 0 atom stereocenters. The maximum Gasteiger partial charge on any atom is 0.220 e. The third kappa shape index (κ3) is 8.60. The fourth-order valence-electron chi connectivity index (χ4n) is 2.01. The van der Waals surface area contributed by atoms with Crippen LogP contribution in [0.3, 0.4) is 0 Å². The summed E-state index contributed by atoms with van der Waals surface area (Å²) in [6.45, 7) is 1.09. The molecule has 1 rings (SSSR count). The Labute approximate surface area is 136 Å². The smallest absolute Gasteiger partial charge is 0.220 e. The predicted octanol–water partition coefficient (Wildman–Crippen LogP) is -0.00730. The Hall–Kier alpha value is -2.38. The minimum absolute atomic E-state index is 0.0417. The fourth-order valence-corrected chi connectivity index (χ4v) is 2.01. The number of nitrogens with zero attached hydrogens (tertiary/aromatic N) is 2. The summed E-state index contributed by atoms with van der Waals surface area (Å²) in [4.78, 5) is 34.4. The van der Waals surface area contributed by atoms with Crippen LogP contribution >= 0.6 is 0 Å². The summed E-state index contributed by atoms with van der Waals surface area (Å²) >= 11 is 0. The quantitative estimate of drug-likeness (QED) is 0.359. The molecule has 0 saturated heterocycles. The largest absolute Gasteiger partial charge is 0.377 e. The Morgan fingerprint density at radius 2 is 1.87 bits per heavy atom. The number of aromatic amines is 1. The van der Waals surface area contributed by atoms with Crippen LogP contribution in [0.5, 0.6) is 0 Å². The fraction of sp³-hybridized carbons (Fsp3) is 0.600. The second-order valence-corrected chi connectivity index (χ2v) is 5.01. The highest BCUT2D eigenvalue weighted by molar-refractivity contribution is 5.83. The van der Waals surface area contributed by atoms with Gasteiger partial charge in [0.15, 0.2) is 0 Å². The van der Waals surface area contributed by atoms with Crippen molar-refractivity contribution in [3.05, 3.63) is 18.2 Å². The Balaban J connectivity index is 2.02. The van der Waals surface area contributed by atoms with Gasteiger partial charge in [0.1, 0.15) is 5.82 Å². The van der Waals surface area contributed by atoms with Crippen molar-refractivity contribution >= 4 is 17.6 Å². The standard InChI is InChI=1S/C15H26N6O2/c1-16-12(17-2)6-8-20-14(22)4-3-5-15(23)21-9-7-13-18-10-11-19-13/h10-11H,3-9H2,1-2H3,(H,16,17)(H,18,19)(H,20,22)(H,21,23). The van der Waals surface area contributed by atoms with Crippen LogP contribution in [0.4, 0.5) is 0 Å². The number of imidazole rings is 1. The second kappa shape index (κ2) is 11.2. The van der Waals surface area contributed by atoms with Crippen LogP contribution in [0.2, 0.25) is 0 Å². The first kappa shape index (κ1) is 18.7. The molecule has 0 fully saturated rings. The molecule has 8 nitrogen and oxygen atoms in total. The van der Waals surface area contributed by atoms with Gasteiger partial charge in [0, 0.05) is 65.3 Å². The maximum atomic E-state index is 11.6. The van der Waals surface area contributed by atoms with Gasteiger partial charge in [-0.2, -0.15) is 0 Å². The van der Waals surface area contributed by atoms with Crippen molar-refractivity contribution in [3.8, 4) is 0 Å². The number of rotatable bonds is 10. The summed E-state index contributed by atoms with van der Waals surface area (Å²) in [6.07, 6.45) is 6.02. The van der Waals surface area contributed by atoms with Gasteiger partial charge in [-0.3, -0.25) is 14.6 Å². The van der Waals surface area contributed by atoms with Crippen LogP contribution in [0, 0.1) is 0 Å². The van der Waals surface area contributed by atoms with Crippen molar-refractivity contribution in [2.24, 2.45) is 4.99 Å². The van der Waals surface area contributed by atoms with Crippen LogP contribution < -0.4 is 16.0 Å². The number of amidine groups is 1. The summed E-state index contributed by atoms with van der Waals surface area (Å²) in [5, 5.41) is 8.58. The molecule has 4 N–H and O–H groups in total. The molecular weight excluding hydrogens is 296 g/mol. The molecular formula is C15H26N6O2. The van der Waals surface area contributed by atoms with E-state index in [2.05, 4.69) is 30.9 Å². The van der Waals surface area contributed by atoms with Gasteiger partial charge in [0.25, 0.3) is 0 Å². The number of H-pyrrole nitrogens is 1. The molecule has 0 aromatic carbocycles. The van der Waals surface area contributed by atoms with E-state index in [1.54, 1.807) is 26.5 Å². The van der Waals surface area contributed by atoms with Crippen molar-refractivity contribution in [2.45, 2.75) is 32.1 Å². The molecule has 0 unspecified atom stereocenters. The molecule has 128 valence electrons. The number of carbonyl (C=O) groups excluding carboxylic acids is 2. The molecule has 1 aromatic heterocycles. The predicted molar refractivity (Wildman–Crippen MR) is 89.2 cm³/mol. The number of aromatic nitrogens is 2. The molecule has 0 bridgehead atoms. The molecule has 1 heterocycles. The zero-order chi connectivity index (χ0) is 16.9. The number of hydrogen-bond acceptors (Lipinski definition) is 4. The van der Waals surface area contributed by atoms with Gasteiger partial charge in [0.05, 0.1) is 5.84 Å². The summed E-state index contributed by atoms with van der Waals surface area (Å²) in [6, 6.07) is 0. The Kier molecular flexibility index (Phi) is 9.11. The lowest BCUT2D eigenvalue weighted by Gasteiger charge is -2.07. The molecule has 1 aromatic rings. The Morgan fingerprint density at radius 1 is 1.17 bits per heavy atom. The van der Waals surface area contributed by atoms with Crippen LogP contribution in [0.1, 0.15) is 31.5 Å². The average molecular weight is 322 g/mol. The SMILES string of the molecule is C/N=C(/CCNC(=O)CCCC(=O)NCCc1ncc[nH]1)NC. The number of amides is 2. The van der Waals surface area contributed by atoms with Crippen LogP contribution in [-0.4, -0.2) is 54.8 Å². The first-order valence-electron chi connectivity index (χ1n) is 7.80. The zero-order valence-electron chi connectivity index (χ0n) is 13.8. The van der Waals surface area contributed by atoms with E-state index in [0.717, 1.165) is 11.7 Å². The van der Waals surface area contributed by atoms with E-state index in [-0.39, 0.29) is 11.8 Å². The lowest BCUT2D eigenvalue weighted by atomic mass is 10.2. The van der Waals surface area contributed by atoms with E-state index in [1.165, 1.54) is 0 Å². The maximum absolute atomic E-state index is 11.6. The van der Waals surface area contributed by atoms with Gasteiger partial charge in [0.2, 0.25) is 11.8 Å². The summed E-state index contributed by atoms with van der Waals surface area (Å²) in [5.41, 5.74) is 0. The molecule has 0 aliphatic carbocycles. The average Bonchev–Trinajstić information content (AvgIpc) is 3.05. The van der Waals surface area contributed by atoms with E-state index in [4.69, 9.17) is 0 Å². The van der Waals surface area contributed by atoms with Crippen LogP contribution in [0.25, 0.3) is 0 Å². The first-order chi connectivity index (χ1) is 11.2. The number of aliphatic imine (C=N–C) groups is 1. The normalized spacial score (nSPS) is 11.1. The van der Waals surface area contributed by atoms with E-state index >= 15 is 0 Å². The number of carbonyl (C=O) groups is 2.